The first-order valence-electron chi connectivity index (χ1n) is 8.07. The van der Waals surface area contributed by atoms with Crippen LogP contribution in [0.2, 0.25) is 0 Å². The number of carbonyl (C=O) groups is 2. The molecule has 0 bridgehead atoms. The molecule has 124 valence electrons. The highest BCUT2D eigenvalue weighted by molar-refractivity contribution is 6.21. The number of aryl methyl sites for hydroxylation is 1. The van der Waals surface area contributed by atoms with Gasteiger partial charge in [0.1, 0.15) is 6.26 Å². The average molecular weight is 332 g/mol. The van der Waals surface area contributed by atoms with Gasteiger partial charge in [-0.05, 0) is 30.2 Å². The van der Waals surface area contributed by atoms with Crippen LogP contribution < -0.4 is 0 Å². The summed E-state index contributed by atoms with van der Waals surface area (Å²) in [4.78, 5) is 30.9. The second kappa shape index (κ2) is 6.02. The number of oxazole rings is 1. The zero-order chi connectivity index (χ0) is 17.4. The molecule has 1 aromatic heterocycles. The fourth-order valence-corrected chi connectivity index (χ4v) is 3.28. The van der Waals surface area contributed by atoms with E-state index in [1.807, 2.05) is 31.2 Å². The van der Waals surface area contributed by atoms with E-state index in [2.05, 4.69) is 4.98 Å². The Balaban J connectivity index is 1.73. The van der Waals surface area contributed by atoms with Crippen molar-refractivity contribution >= 4 is 11.8 Å². The van der Waals surface area contributed by atoms with Crippen molar-refractivity contribution in [2.45, 2.75) is 12.8 Å². The Bertz CT molecular complexity index is 912. The summed E-state index contributed by atoms with van der Waals surface area (Å²) < 4.78 is 5.50. The second-order valence-corrected chi connectivity index (χ2v) is 6.05. The monoisotopic (exact) mass is 332 g/mol. The van der Waals surface area contributed by atoms with Crippen LogP contribution in [-0.4, -0.2) is 28.2 Å². The van der Waals surface area contributed by atoms with Gasteiger partial charge >= 0.3 is 0 Å². The Morgan fingerprint density at radius 1 is 1.00 bits per heavy atom. The molecule has 0 spiro atoms. The first-order valence-corrected chi connectivity index (χ1v) is 8.07. The van der Waals surface area contributed by atoms with Crippen LogP contribution in [0.4, 0.5) is 0 Å². The van der Waals surface area contributed by atoms with Gasteiger partial charge in [0, 0.05) is 6.54 Å². The molecule has 2 heterocycles. The largest absolute Gasteiger partial charge is 0.448 e. The Hall–Kier alpha value is -3.21. The maximum absolute atomic E-state index is 12.7. The van der Waals surface area contributed by atoms with Gasteiger partial charge in [0.2, 0.25) is 5.89 Å². The molecule has 0 saturated carbocycles. The van der Waals surface area contributed by atoms with Crippen LogP contribution in [0.1, 0.15) is 43.7 Å². The molecule has 1 atom stereocenters. The summed E-state index contributed by atoms with van der Waals surface area (Å²) in [6, 6.07) is 14.7. The van der Waals surface area contributed by atoms with E-state index in [4.69, 9.17) is 4.42 Å². The Morgan fingerprint density at radius 3 is 2.24 bits per heavy atom. The molecule has 2 aromatic carbocycles. The lowest BCUT2D eigenvalue weighted by Gasteiger charge is -2.22. The standard InChI is InChI=1S/C20H16N2O3/c1-13-6-2-3-7-14(13)17(18-21-10-11-25-18)12-22-19(23)15-8-4-5-9-16(15)20(22)24/h2-11,17H,12H2,1H3. The molecule has 0 fully saturated rings. The minimum absolute atomic E-state index is 0.192. The van der Waals surface area contributed by atoms with Gasteiger partial charge in [0.25, 0.3) is 11.8 Å². The third-order valence-electron chi connectivity index (χ3n) is 4.56. The van der Waals surface area contributed by atoms with Crippen molar-refractivity contribution in [1.29, 1.82) is 0 Å². The van der Waals surface area contributed by atoms with Crippen molar-refractivity contribution < 1.29 is 14.0 Å². The number of imide groups is 1. The topological polar surface area (TPSA) is 63.4 Å². The molecule has 0 aliphatic carbocycles. The van der Waals surface area contributed by atoms with Gasteiger partial charge in [-0.1, -0.05) is 36.4 Å². The molecule has 0 N–H and O–H groups in total. The summed E-state index contributed by atoms with van der Waals surface area (Å²) in [7, 11) is 0. The van der Waals surface area contributed by atoms with Crippen LogP contribution in [0.3, 0.4) is 0 Å². The van der Waals surface area contributed by atoms with E-state index in [9.17, 15) is 9.59 Å². The van der Waals surface area contributed by atoms with Crippen molar-refractivity contribution in [3.05, 3.63) is 89.1 Å². The number of aromatic nitrogens is 1. The third kappa shape index (κ3) is 2.54. The van der Waals surface area contributed by atoms with Gasteiger partial charge in [0.15, 0.2) is 0 Å². The maximum Gasteiger partial charge on any atom is 0.261 e. The highest BCUT2D eigenvalue weighted by Gasteiger charge is 2.38. The Kier molecular flexibility index (Phi) is 3.69. The molecule has 0 radical (unpaired) electrons. The Labute approximate surface area is 144 Å². The van der Waals surface area contributed by atoms with E-state index in [1.54, 1.807) is 30.5 Å². The van der Waals surface area contributed by atoms with Crippen molar-refractivity contribution in [3.8, 4) is 0 Å². The molecule has 3 aromatic rings. The number of carbonyl (C=O) groups excluding carboxylic acids is 2. The summed E-state index contributed by atoms with van der Waals surface area (Å²) in [6.45, 7) is 2.19. The lowest BCUT2D eigenvalue weighted by atomic mass is 9.94. The van der Waals surface area contributed by atoms with Crippen molar-refractivity contribution in [2.24, 2.45) is 0 Å². The number of nitrogens with zero attached hydrogens (tertiary/aromatic N) is 2. The fraction of sp³-hybridized carbons (Fsp3) is 0.150. The number of hydrogen-bond acceptors (Lipinski definition) is 4. The molecule has 5 heteroatoms. The van der Waals surface area contributed by atoms with Crippen molar-refractivity contribution in [3.63, 3.8) is 0 Å². The minimum atomic E-state index is -0.307. The number of hydrogen-bond donors (Lipinski definition) is 0. The average Bonchev–Trinajstić information content (AvgIpc) is 3.24. The first kappa shape index (κ1) is 15.3. The molecular formula is C20H16N2O3. The van der Waals surface area contributed by atoms with Crippen LogP contribution in [0.15, 0.2) is 65.4 Å². The lowest BCUT2D eigenvalue weighted by molar-refractivity contribution is 0.0646. The summed E-state index contributed by atoms with van der Waals surface area (Å²) in [5.41, 5.74) is 2.94. The fourth-order valence-electron chi connectivity index (χ4n) is 3.28. The second-order valence-electron chi connectivity index (χ2n) is 6.05. The van der Waals surface area contributed by atoms with E-state index in [0.29, 0.717) is 17.0 Å². The molecule has 4 rings (SSSR count). The molecular weight excluding hydrogens is 316 g/mol. The van der Waals surface area contributed by atoms with Gasteiger partial charge in [-0.3, -0.25) is 14.5 Å². The molecule has 1 aliphatic rings. The summed E-state index contributed by atoms with van der Waals surface area (Å²) in [6.07, 6.45) is 3.08. The van der Waals surface area contributed by atoms with Gasteiger partial charge in [-0.15, -0.1) is 0 Å². The normalized spacial score (nSPS) is 14.7. The summed E-state index contributed by atoms with van der Waals surface area (Å²) in [5, 5.41) is 0. The van der Waals surface area contributed by atoms with Crippen LogP contribution in [-0.2, 0) is 0 Å². The van der Waals surface area contributed by atoms with Gasteiger partial charge in [0.05, 0.1) is 23.2 Å². The summed E-state index contributed by atoms with van der Waals surface area (Å²) >= 11 is 0. The highest BCUT2D eigenvalue weighted by atomic mass is 16.3. The molecule has 1 unspecified atom stereocenters. The highest BCUT2D eigenvalue weighted by Crippen LogP contribution is 2.31. The van der Waals surface area contributed by atoms with Gasteiger partial charge in [-0.2, -0.15) is 0 Å². The molecule has 1 aliphatic heterocycles. The zero-order valence-corrected chi connectivity index (χ0v) is 13.7. The van der Waals surface area contributed by atoms with E-state index >= 15 is 0 Å². The van der Waals surface area contributed by atoms with E-state index in [-0.39, 0.29) is 24.3 Å². The van der Waals surface area contributed by atoms with Gasteiger partial charge < -0.3 is 4.42 Å². The molecule has 5 nitrogen and oxygen atoms in total. The first-order chi connectivity index (χ1) is 12.2. The zero-order valence-electron chi connectivity index (χ0n) is 13.7. The van der Waals surface area contributed by atoms with Crippen LogP contribution in [0.25, 0.3) is 0 Å². The molecule has 25 heavy (non-hydrogen) atoms. The number of benzene rings is 2. The number of rotatable bonds is 4. The van der Waals surface area contributed by atoms with Crippen LogP contribution in [0.5, 0.6) is 0 Å². The smallest absolute Gasteiger partial charge is 0.261 e. The van der Waals surface area contributed by atoms with Crippen molar-refractivity contribution in [2.75, 3.05) is 6.54 Å². The van der Waals surface area contributed by atoms with Crippen LogP contribution in [0, 0.1) is 6.92 Å². The maximum atomic E-state index is 12.7. The SMILES string of the molecule is Cc1ccccc1C(CN1C(=O)c2ccccc2C1=O)c1ncco1. The Morgan fingerprint density at radius 2 is 1.64 bits per heavy atom. The molecule has 0 saturated heterocycles. The summed E-state index contributed by atoms with van der Waals surface area (Å²) in [5.74, 6) is -0.360. The van der Waals surface area contributed by atoms with E-state index in [0.717, 1.165) is 11.1 Å². The van der Waals surface area contributed by atoms with Crippen LogP contribution >= 0.6 is 0 Å². The lowest BCUT2D eigenvalue weighted by Crippen LogP contribution is -2.34. The van der Waals surface area contributed by atoms with Crippen molar-refractivity contribution in [1.82, 2.24) is 9.88 Å². The predicted molar refractivity (Wildman–Crippen MR) is 91.3 cm³/mol. The quantitative estimate of drug-likeness (QED) is 0.687. The molecule has 2 amide bonds. The van der Waals surface area contributed by atoms with E-state index < -0.39 is 0 Å². The number of fused-ring (bicyclic) bond motifs is 1. The number of amides is 2. The third-order valence-corrected chi connectivity index (χ3v) is 4.56. The van der Waals surface area contributed by atoms with Gasteiger partial charge in [-0.25, -0.2) is 4.98 Å². The van der Waals surface area contributed by atoms with E-state index in [1.165, 1.54) is 11.2 Å². The predicted octanol–water partition coefficient (Wildman–Crippen LogP) is 3.41. The minimum Gasteiger partial charge on any atom is -0.448 e.